The maximum absolute atomic E-state index is 14.2. The molecule has 1 aliphatic rings. The fourth-order valence-electron chi connectivity index (χ4n) is 4.48. The van der Waals surface area contributed by atoms with Crippen LogP contribution in [-0.4, -0.2) is 45.4 Å². The SMILES string of the molecule is COc1ccc(/C=C/C[C@]2(C)C(=O)CC[C@@H]2OC(=O)[C@](OC)(c2ccccc2)C(F)(F)F)cc1OC. The molecule has 0 amide bonds. The number of alkyl halides is 3. The van der Waals surface area contributed by atoms with E-state index in [0.29, 0.717) is 11.5 Å². The minimum absolute atomic E-state index is 0.0932. The highest BCUT2D eigenvalue weighted by atomic mass is 19.4. The molecule has 3 atom stereocenters. The summed E-state index contributed by atoms with van der Waals surface area (Å²) in [6, 6.07) is 11.9. The van der Waals surface area contributed by atoms with Crippen molar-refractivity contribution in [1.82, 2.24) is 0 Å². The van der Waals surface area contributed by atoms with Crippen molar-refractivity contribution in [3.05, 3.63) is 65.7 Å². The number of carbonyl (C=O) groups excluding carboxylic acids is 2. The van der Waals surface area contributed by atoms with Crippen molar-refractivity contribution >= 4 is 17.8 Å². The Morgan fingerprint density at radius 2 is 1.72 bits per heavy atom. The van der Waals surface area contributed by atoms with Crippen LogP contribution in [0.4, 0.5) is 13.2 Å². The number of Topliss-reactive ketones (excluding diaryl/α,β-unsaturated/α-hetero) is 1. The first-order chi connectivity index (χ1) is 17.0. The minimum atomic E-state index is -5.09. The van der Waals surface area contributed by atoms with Crippen LogP contribution in [-0.2, 0) is 24.7 Å². The number of allylic oxidation sites excluding steroid dienone is 1. The van der Waals surface area contributed by atoms with Gasteiger partial charge >= 0.3 is 12.1 Å². The Labute approximate surface area is 208 Å². The van der Waals surface area contributed by atoms with Crippen molar-refractivity contribution < 1.29 is 41.7 Å². The summed E-state index contributed by atoms with van der Waals surface area (Å²) in [6.45, 7) is 1.60. The fraction of sp³-hybridized carbons (Fsp3) is 0.407. The summed E-state index contributed by atoms with van der Waals surface area (Å²) in [4.78, 5) is 25.9. The van der Waals surface area contributed by atoms with Crippen molar-refractivity contribution in [2.45, 2.75) is 44.1 Å². The maximum Gasteiger partial charge on any atom is 0.432 e. The normalized spacial score (nSPS) is 21.9. The molecular weight excluding hydrogens is 477 g/mol. The summed E-state index contributed by atoms with van der Waals surface area (Å²) in [5, 5.41) is 0. The summed E-state index contributed by atoms with van der Waals surface area (Å²) in [5.74, 6) is -0.701. The molecular formula is C27H29F3O6. The summed E-state index contributed by atoms with van der Waals surface area (Å²) >= 11 is 0. The first-order valence-corrected chi connectivity index (χ1v) is 11.3. The molecule has 0 heterocycles. The van der Waals surface area contributed by atoms with Crippen LogP contribution in [0, 0.1) is 5.41 Å². The van der Waals surface area contributed by atoms with Crippen LogP contribution in [0.3, 0.4) is 0 Å². The Morgan fingerprint density at radius 1 is 1.06 bits per heavy atom. The lowest BCUT2D eigenvalue weighted by atomic mass is 9.81. The molecule has 6 nitrogen and oxygen atoms in total. The molecule has 0 bridgehead atoms. The van der Waals surface area contributed by atoms with E-state index < -0.39 is 34.8 Å². The molecule has 0 saturated heterocycles. The highest BCUT2D eigenvalue weighted by molar-refractivity contribution is 5.89. The number of rotatable bonds is 9. The van der Waals surface area contributed by atoms with E-state index in [9.17, 15) is 22.8 Å². The zero-order chi connectivity index (χ0) is 26.6. The highest BCUT2D eigenvalue weighted by Crippen LogP contribution is 2.46. The van der Waals surface area contributed by atoms with Crippen LogP contribution in [0.2, 0.25) is 0 Å². The molecule has 194 valence electrons. The van der Waals surface area contributed by atoms with Gasteiger partial charge in [-0.05, 0) is 37.5 Å². The predicted molar refractivity (Wildman–Crippen MR) is 127 cm³/mol. The lowest BCUT2D eigenvalue weighted by molar-refractivity contribution is -0.279. The number of hydrogen-bond acceptors (Lipinski definition) is 6. The van der Waals surface area contributed by atoms with E-state index in [0.717, 1.165) is 24.8 Å². The molecule has 0 aliphatic heterocycles. The minimum Gasteiger partial charge on any atom is -0.493 e. The maximum atomic E-state index is 14.2. The fourth-order valence-corrected chi connectivity index (χ4v) is 4.48. The molecule has 0 spiro atoms. The van der Waals surface area contributed by atoms with Crippen LogP contribution in [0.15, 0.2) is 54.6 Å². The van der Waals surface area contributed by atoms with Crippen LogP contribution >= 0.6 is 0 Å². The zero-order valence-electron chi connectivity index (χ0n) is 20.6. The topological polar surface area (TPSA) is 71.1 Å². The van der Waals surface area contributed by atoms with Crippen molar-refractivity contribution in [3.8, 4) is 11.5 Å². The third-order valence-electron chi connectivity index (χ3n) is 6.66. The van der Waals surface area contributed by atoms with Gasteiger partial charge in [0.15, 0.2) is 11.5 Å². The average molecular weight is 507 g/mol. The van der Waals surface area contributed by atoms with E-state index in [1.165, 1.54) is 32.4 Å². The van der Waals surface area contributed by atoms with E-state index >= 15 is 0 Å². The lowest BCUT2D eigenvalue weighted by Gasteiger charge is -2.36. The summed E-state index contributed by atoms with van der Waals surface area (Å²) in [7, 11) is 3.85. The largest absolute Gasteiger partial charge is 0.493 e. The van der Waals surface area contributed by atoms with Gasteiger partial charge in [0, 0.05) is 19.1 Å². The first kappa shape index (κ1) is 27.3. The van der Waals surface area contributed by atoms with E-state index in [4.69, 9.17) is 18.9 Å². The molecule has 1 fully saturated rings. The van der Waals surface area contributed by atoms with Crippen LogP contribution in [0.1, 0.15) is 37.3 Å². The quantitative estimate of drug-likeness (QED) is 0.419. The lowest BCUT2D eigenvalue weighted by Crippen LogP contribution is -2.53. The number of benzene rings is 2. The van der Waals surface area contributed by atoms with E-state index in [1.54, 1.807) is 37.3 Å². The Bertz CT molecular complexity index is 1110. The number of ether oxygens (including phenoxy) is 4. The highest BCUT2D eigenvalue weighted by Gasteiger charge is 2.65. The van der Waals surface area contributed by atoms with Gasteiger partial charge in [0.05, 0.1) is 19.6 Å². The third kappa shape index (κ3) is 4.97. The molecule has 0 N–H and O–H groups in total. The summed E-state index contributed by atoms with van der Waals surface area (Å²) in [6.07, 6.45) is -2.27. The van der Waals surface area contributed by atoms with Gasteiger partial charge in [-0.25, -0.2) is 4.79 Å². The van der Waals surface area contributed by atoms with E-state index in [1.807, 2.05) is 0 Å². The number of ketones is 1. The van der Waals surface area contributed by atoms with Gasteiger partial charge in [-0.15, -0.1) is 0 Å². The molecule has 1 saturated carbocycles. The van der Waals surface area contributed by atoms with Gasteiger partial charge in [0.1, 0.15) is 11.9 Å². The molecule has 0 radical (unpaired) electrons. The van der Waals surface area contributed by atoms with Crippen LogP contribution in [0.5, 0.6) is 11.5 Å². The summed E-state index contributed by atoms with van der Waals surface area (Å²) < 4.78 is 63.5. The first-order valence-electron chi connectivity index (χ1n) is 11.3. The number of hydrogen-bond donors (Lipinski definition) is 0. The molecule has 0 aromatic heterocycles. The van der Waals surface area contributed by atoms with Crippen molar-refractivity contribution in [2.75, 3.05) is 21.3 Å². The molecule has 0 unspecified atom stereocenters. The third-order valence-corrected chi connectivity index (χ3v) is 6.66. The van der Waals surface area contributed by atoms with Crippen molar-refractivity contribution in [2.24, 2.45) is 5.41 Å². The van der Waals surface area contributed by atoms with Crippen molar-refractivity contribution in [1.29, 1.82) is 0 Å². The molecule has 2 aromatic carbocycles. The predicted octanol–water partition coefficient (Wildman–Crippen LogP) is 5.49. The van der Waals surface area contributed by atoms with Gasteiger partial charge < -0.3 is 18.9 Å². The number of methoxy groups -OCH3 is 3. The zero-order valence-corrected chi connectivity index (χ0v) is 20.6. The number of esters is 1. The van der Waals surface area contributed by atoms with E-state index in [2.05, 4.69) is 0 Å². The second-order valence-corrected chi connectivity index (χ2v) is 8.74. The standard InChI is InChI=1S/C27H29F3O6/c1-25(16-8-9-18-12-13-20(33-2)21(17-18)34-3)22(31)14-15-23(25)36-24(32)26(35-4,27(28,29)30)19-10-6-5-7-11-19/h5-13,17,23H,14-16H2,1-4H3/b9-8+/t23-,25+,26+/m0/s1. The van der Waals surface area contributed by atoms with Gasteiger partial charge in [-0.2, -0.15) is 13.2 Å². The Kier molecular flexibility index (Phi) is 8.13. The summed E-state index contributed by atoms with van der Waals surface area (Å²) in [5.41, 5.74) is -4.12. The smallest absolute Gasteiger partial charge is 0.432 e. The second-order valence-electron chi connectivity index (χ2n) is 8.74. The Balaban J connectivity index is 1.85. The molecule has 2 aromatic rings. The molecule has 3 rings (SSSR count). The Morgan fingerprint density at radius 3 is 2.31 bits per heavy atom. The second kappa shape index (κ2) is 10.7. The van der Waals surface area contributed by atoms with Gasteiger partial charge in [0.25, 0.3) is 5.60 Å². The van der Waals surface area contributed by atoms with E-state index in [-0.39, 0.29) is 25.0 Å². The molecule has 36 heavy (non-hydrogen) atoms. The Hall–Kier alpha value is -3.33. The average Bonchev–Trinajstić information content (AvgIpc) is 3.12. The van der Waals surface area contributed by atoms with Crippen molar-refractivity contribution in [3.63, 3.8) is 0 Å². The monoisotopic (exact) mass is 506 g/mol. The van der Waals surface area contributed by atoms with Crippen LogP contribution in [0.25, 0.3) is 6.08 Å². The molecule has 1 aliphatic carbocycles. The molecule has 9 heteroatoms. The van der Waals surface area contributed by atoms with Gasteiger partial charge in [-0.1, -0.05) is 48.6 Å². The van der Waals surface area contributed by atoms with Gasteiger partial charge in [-0.3, -0.25) is 4.79 Å². The van der Waals surface area contributed by atoms with Gasteiger partial charge in [0.2, 0.25) is 0 Å². The number of carbonyl (C=O) groups is 2. The van der Waals surface area contributed by atoms with Crippen LogP contribution < -0.4 is 9.47 Å². The number of halogens is 3.